The van der Waals surface area contributed by atoms with Gasteiger partial charge in [-0.05, 0) is 43.7 Å². The largest absolute Gasteiger partial charge is 0.489 e. The number of Topliss-reactive ketones (excluding diaryl/α,β-unsaturated/α-hetero) is 1. The van der Waals surface area contributed by atoms with E-state index in [0.29, 0.717) is 18.2 Å². The quantitative estimate of drug-likeness (QED) is 0.763. The minimum absolute atomic E-state index is 0.0769. The van der Waals surface area contributed by atoms with E-state index in [1.165, 1.54) is 12.8 Å². The molecular weight excluding hydrogens is 226 g/mol. The summed E-state index contributed by atoms with van der Waals surface area (Å²) in [6.07, 6.45) is 7.20. The van der Waals surface area contributed by atoms with E-state index in [9.17, 15) is 4.79 Å². The first-order chi connectivity index (χ1) is 8.69. The van der Waals surface area contributed by atoms with Gasteiger partial charge in [-0.2, -0.15) is 0 Å². The Kier molecular flexibility index (Phi) is 4.34. The van der Waals surface area contributed by atoms with E-state index in [2.05, 4.69) is 11.9 Å². The Morgan fingerprint density at radius 1 is 1.33 bits per heavy atom. The second-order valence-corrected chi connectivity index (χ2v) is 5.16. The molecule has 0 amide bonds. The molecule has 0 N–H and O–H groups in total. The van der Waals surface area contributed by atoms with Crippen LogP contribution >= 0.6 is 0 Å². The Hall–Kier alpha value is -1.38. The van der Waals surface area contributed by atoms with Gasteiger partial charge in [-0.1, -0.05) is 13.8 Å². The molecule has 0 saturated heterocycles. The van der Waals surface area contributed by atoms with E-state index in [1.807, 2.05) is 13.0 Å². The third kappa shape index (κ3) is 3.31. The first kappa shape index (κ1) is 13.1. The van der Waals surface area contributed by atoms with Crippen LogP contribution in [-0.4, -0.2) is 16.9 Å². The van der Waals surface area contributed by atoms with Crippen LogP contribution in [0.1, 0.15) is 56.4 Å². The van der Waals surface area contributed by atoms with Gasteiger partial charge in [0.15, 0.2) is 5.78 Å². The molecule has 3 nitrogen and oxygen atoms in total. The fourth-order valence-electron chi connectivity index (χ4n) is 2.34. The normalized spacial score (nSPS) is 23.7. The lowest BCUT2D eigenvalue weighted by molar-refractivity contribution is 0.0983. The molecule has 1 aliphatic rings. The van der Waals surface area contributed by atoms with Gasteiger partial charge in [0, 0.05) is 6.42 Å². The van der Waals surface area contributed by atoms with Crippen molar-refractivity contribution >= 4 is 5.78 Å². The highest BCUT2D eigenvalue weighted by molar-refractivity contribution is 5.93. The molecule has 1 aliphatic carbocycles. The summed E-state index contributed by atoms with van der Waals surface area (Å²) in [5.41, 5.74) is 0.530. The van der Waals surface area contributed by atoms with Gasteiger partial charge in [0.2, 0.25) is 0 Å². The van der Waals surface area contributed by atoms with Crippen LogP contribution in [0, 0.1) is 5.92 Å². The van der Waals surface area contributed by atoms with E-state index in [-0.39, 0.29) is 5.78 Å². The van der Waals surface area contributed by atoms with Crippen molar-refractivity contribution in [3.05, 3.63) is 24.0 Å². The summed E-state index contributed by atoms with van der Waals surface area (Å²) in [7, 11) is 0. The zero-order valence-corrected chi connectivity index (χ0v) is 11.2. The van der Waals surface area contributed by atoms with Crippen LogP contribution in [0.2, 0.25) is 0 Å². The van der Waals surface area contributed by atoms with Crippen molar-refractivity contribution in [2.24, 2.45) is 5.92 Å². The predicted molar refractivity (Wildman–Crippen MR) is 70.9 cm³/mol. The Bertz CT molecular complexity index is 391. The smallest absolute Gasteiger partial charge is 0.180 e. The minimum atomic E-state index is 0.0769. The number of ketones is 1. The SMILES string of the molecule is CCC(=O)c1ccc(OC2CCC(C)CC2)cn1. The van der Waals surface area contributed by atoms with E-state index in [1.54, 1.807) is 12.3 Å². The fraction of sp³-hybridized carbons (Fsp3) is 0.600. The van der Waals surface area contributed by atoms with Crippen molar-refractivity contribution in [3.8, 4) is 5.75 Å². The molecule has 0 radical (unpaired) electrons. The molecule has 98 valence electrons. The lowest BCUT2D eigenvalue weighted by Crippen LogP contribution is -2.23. The summed E-state index contributed by atoms with van der Waals surface area (Å²) in [5.74, 6) is 1.68. The van der Waals surface area contributed by atoms with Crippen LogP contribution in [0.5, 0.6) is 5.75 Å². The molecule has 0 aromatic carbocycles. The Balaban J connectivity index is 1.92. The molecule has 1 heterocycles. The average molecular weight is 247 g/mol. The number of rotatable bonds is 4. The molecule has 18 heavy (non-hydrogen) atoms. The van der Waals surface area contributed by atoms with E-state index in [0.717, 1.165) is 24.5 Å². The average Bonchev–Trinajstić information content (AvgIpc) is 2.41. The summed E-state index contributed by atoms with van der Waals surface area (Å²) in [4.78, 5) is 15.6. The topological polar surface area (TPSA) is 39.2 Å². The van der Waals surface area contributed by atoms with E-state index < -0.39 is 0 Å². The highest BCUT2D eigenvalue weighted by Gasteiger charge is 2.19. The maximum atomic E-state index is 11.4. The fourth-order valence-corrected chi connectivity index (χ4v) is 2.34. The maximum absolute atomic E-state index is 11.4. The second-order valence-electron chi connectivity index (χ2n) is 5.16. The molecule has 0 unspecified atom stereocenters. The number of aromatic nitrogens is 1. The zero-order valence-electron chi connectivity index (χ0n) is 11.2. The van der Waals surface area contributed by atoms with Crippen LogP contribution in [0.4, 0.5) is 0 Å². The van der Waals surface area contributed by atoms with Crippen molar-refractivity contribution in [2.45, 2.75) is 52.1 Å². The minimum Gasteiger partial charge on any atom is -0.489 e. The molecule has 1 aromatic rings. The van der Waals surface area contributed by atoms with Gasteiger partial charge in [0.05, 0.1) is 12.3 Å². The first-order valence-electron chi connectivity index (χ1n) is 6.85. The summed E-state index contributed by atoms with van der Waals surface area (Å²) in [6, 6.07) is 3.61. The van der Waals surface area contributed by atoms with Gasteiger partial charge in [0.25, 0.3) is 0 Å². The second kappa shape index (κ2) is 5.98. The highest BCUT2D eigenvalue weighted by atomic mass is 16.5. The molecule has 2 rings (SSSR count). The molecular formula is C15H21NO2. The summed E-state index contributed by atoms with van der Waals surface area (Å²) in [6.45, 7) is 4.14. The predicted octanol–water partition coefficient (Wildman–Crippen LogP) is 3.63. The molecule has 1 aromatic heterocycles. The van der Waals surface area contributed by atoms with Crippen LogP contribution in [0.3, 0.4) is 0 Å². The molecule has 0 bridgehead atoms. The third-order valence-electron chi connectivity index (χ3n) is 3.61. The summed E-state index contributed by atoms with van der Waals surface area (Å²) < 4.78 is 5.90. The van der Waals surface area contributed by atoms with Gasteiger partial charge in [-0.15, -0.1) is 0 Å². The molecule has 0 atom stereocenters. The summed E-state index contributed by atoms with van der Waals surface area (Å²) >= 11 is 0. The van der Waals surface area contributed by atoms with Crippen molar-refractivity contribution < 1.29 is 9.53 Å². The van der Waals surface area contributed by atoms with E-state index in [4.69, 9.17) is 4.74 Å². The zero-order chi connectivity index (χ0) is 13.0. The van der Waals surface area contributed by atoms with Crippen molar-refractivity contribution in [3.63, 3.8) is 0 Å². The molecule has 0 aliphatic heterocycles. The molecule has 0 spiro atoms. The van der Waals surface area contributed by atoms with Gasteiger partial charge < -0.3 is 4.74 Å². The van der Waals surface area contributed by atoms with Crippen molar-refractivity contribution in [2.75, 3.05) is 0 Å². The highest BCUT2D eigenvalue weighted by Crippen LogP contribution is 2.26. The van der Waals surface area contributed by atoms with Crippen molar-refractivity contribution in [1.29, 1.82) is 0 Å². The molecule has 1 fully saturated rings. The number of carbonyl (C=O) groups is 1. The standard InChI is InChI=1S/C15H21NO2/c1-3-15(17)14-9-8-13(10-16-14)18-12-6-4-11(2)5-7-12/h8-12H,3-7H2,1-2H3. The number of ether oxygens (including phenoxy) is 1. The van der Waals surface area contributed by atoms with Gasteiger partial charge in [-0.3, -0.25) is 4.79 Å². The van der Waals surface area contributed by atoms with Crippen LogP contribution in [0.15, 0.2) is 18.3 Å². The Labute approximate surface area is 109 Å². The van der Waals surface area contributed by atoms with Crippen LogP contribution in [-0.2, 0) is 0 Å². The van der Waals surface area contributed by atoms with Gasteiger partial charge >= 0.3 is 0 Å². The first-order valence-corrected chi connectivity index (χ1v) is 6.85. The van der Waals surface area contributed by atoms with Crippen LogP contribution < -0.4 is 4.74 Å². The number of pyridine rings is 1. The third-order valence-corrected chi connectivity index (χ3v) is 3.61. The number of nitrogens with zero attached hydrogens (tertiary/aromatic N) is 1. The van der Waals surface area contributed by atoms with Gasteiger partial charge in [-0.25, -0.2) is 4.98 Å². The molecule has 3 heteroatoms. The number of carbonyl (C=O) groups excluding carboxylic acids is 1. The number of hydrogen-bond donors (Lipinski definition) is 0. The van der Waals surface area contributed by atoms with Crippen LogP contribution in [0.25, 0.3) is 0 Å². The maximum Gasteiger partial charge on any atom is 0.180 e. The summed E-state index contributed by atoms with van der Waals surface area (Å²) in [5, 5.41) is 0. The number of hydrogen-bond acceptors (Lipinski definition) is 3. The van der Waals surface area contributed by atoms with Gasteiger partial charge in [0.1, 0.15) is 11.4 Å². The Morgan fingerprint density at radius 3 is 2.61 bits per heavy atom. The molecule has 1 saturated carbocycles. The Morgan fingerprint density at radius 2 is 2.06 bits per heavy atom. The lowest BCUT2D eigenvalue weighted by Gasteiger charge is -2.26. The van der Waals surface area contributed by atoms with E-state index >= 15 is 0 Å². The monoisotopic (exact) mass is 247 g/mol. The lowest BCUT2D eigenvalue weighted by atomic mass is 9.89. The van der Waals surface area contributed by atoms with Crippen molar-refractivity contribution in [1.82, 2.24) is 4.98 Å².